The summed E-state index contributed by atoms with van der Waals surface area (Å²) in [7, 11) is 0. The zero-order chi connectivity index (χ0) is 11.5. The van der Waals surface area contributed by atoms with Gasteiger partial charge in [-0.15, -0.1) is 0 Å². The molecular weight excluding hydrogens is 272 g/mol. The predicted octanol–water partition coefficient (Wildman–Crippen LogP) is 1.44. The number of pyridine rings is 1. The number of aromatic nitrogens is 1. The summed E-state index contributed by atoms with van der Waals surface area (Å²) < 4.78 is 0.698. The van der Waals surface area contributed by atoms with E-state index >= 15 is 0 Å². The maximum absolute atomic E-state index is 12.2. The van der Waals surface area contributed by atoms with E-state index in [4.69, 9.17) is 0 Å². The minimum Gasteiger partial charge on any atom is -0.394 e. The van der Waals surface area contributed by atoms with Crippen LogP contribution in [0.2, 0.25) is 0 Å². The first-order valence-corrected chi connectivity index (χ1v) is 6.05. The third-order valence-corrected chi connectivity index (χ3v) is 3.45. The van der Waals surface area contributed by atoms with Gasteiger partial charge in [0, 0.05) is 17.2 Å². The molecule has 0 bridgehead atoms. The number of amides is 1. The summed E-state index contributed by atoms with van der Waals surface area (Å²) in [5, 5.41) is 9.18. The molecule has 0 spiro atoms. The Bertz CT molecular complexity index is 397. The Morgan fingerprint density at radius 3 is 3.19 bits per heavy atom. The molecule has 0 saturated carbocycles. The molecule has 1 aromatic heterocycles. The van der Waals surface area contributed by atoms with E-state index in [9.17, 15) is 9.90 Å². The number of halogens is 1. The van der Waals surface area contributed by atoms with Gasteiger partial charge in [0.2, 0.25) is 0 Å². The highest BCUT2D eigenvalue weighted by Crippen LogP contribution is 2.22. The van der Waals surface area contributed by atoms with Gasteiger partial charge in [-0.25, -0.2) is 4.98 Å². The molecule has 1 aliphatic rings. The summed E-state index contributed by atoms with van der Waals surface area (Å²) in [6.07, 6.45) is 3.41. The van der Waals surface area contributed by atoms with Crippen LogP contribution in [0.1, 0.15) is 23.3 Å². The van der Waals surface area contributed by atoms with Crippen molar-refractivity contribution in [3.8, 4) is 0 Å². The van der Waals surface area contributed by atoms with Crippen molar-refractivity contribution in [3.63, 3.8) is 0 Å². The lowest BCUT2D eigenvalue weighted by atomic mass is 10.2. The van der Waals surface area contributed by atoms with Crippen LogP contribution in [0, 0.1) is 0 Å². The number of aliphatic hydroxyl groups is 1. The summed E-state index contributed by atoms with van der Waals surface area (Å²) in [6, 6.07) is 3.51. The second-order valence-electron chi connectivity index (χ2n) is 3.81. The number of hydrogen-bond acceptors (Lipinski definition) is 3. The summed E-state index contributed by atoms with van der Waals surface area (Å²) >= 11 is 3.31. The first-order valence-electron chi connectivity index (χ1n) is 5.26. The molecule has 0 aromatic carbocycles. The quantitative estimate of drug-likeness (QED) is 0.894. The maximum Gasteiger partial charge on any atom is 0.273 e. The van der Waals surface area contributed by atoms with Crippen molar-refractivity contribution in [2.45, 2.75) is 18.9 Å². The van der Waals surface area contributed by atoms with Gasteiger partial charge in [0.05, 0.1) is 12.6 Å². The van der Waals surface area contributed by atoms with Gasteiger partial charge in [0.15, 0.2) is 0 Å². The minimum atomic E-state index is -0.107. The van der Waals surface area contributed by atoms with Crippen molar-refractivity contribution in [2.75, 3.05) is 13.2 Å². The molecule has 5 heteroatoms. The lowest BCUT2D eigenvalue weighted by Crippen LogP contribution is -2.38. The van der Waals surface area contributed by atoms with Crippen LogP contribution in [-0.4, -0.2) is 40.1 Å². The lowest BCUT2D eigenvalue weighted by Gasteiger charge is -2.22. The van der Waals surface area contributed by atoms with Crippen LogP contribution < -0.4 is 0 Å². The molecule has 1 aromatic rings. The molecule has 0 aliphatic carbocycles. The first kappa shape index (κ1) is 11.5. The summed E-state index contributed by atoms with van der Waals surface area (Å²) in [6.45, 7) is 0.725. The number of aliphatic hydroxyl groups excluding tert-OH is 1. The van der Waals surface area contributed by atoms with Crippen LogP contribution in [0.25, 0.3) is 0 Å². The van der Waals surface area contributed by atoms with Crippen molar-refractivity contribution in [1.82, 2.24) is 9.88 Å². The van der Waals surface area contributed by atoms with Gasteiger partial charge < -0.3 is 10.0 Å². The van der Waals surface area contributed by atoms with Gasteiger partial charge in [-0.3, -0.25) is 4.79 Å². The first-order chi connectivity index (χ1) is 7.74. The highest BCUT2D eigenvalue weighted by molar-refractivity contribution is 9.10. The third kappa shape index (κ3) is 2.10. The Hall–Kier alpha value is -0.940. The average molecular weight is 285 g/mol. The van der Waals surface area contributed by atoms with Crippen molar-refractivity contribution in [1.29, 1.82) is 0 Å². The number of carbonyl (C=O) groups excluding carboxylic acids is 1. The van der Waals surface area contributed by atoms with Gasteiger partial charge in [-0.1, -0.05) is 0 Å². The van der Waals surface area contributed by atoms with Crippen LogP contribution in [0.15, 0.2) is 22.8 Å². The van der Waals surface area contributed by atoms with Crippen molar-refractivity contribution < 1.29 is 9.90 Å². The van der Waals surface area contributed by atoms with E-state index in [1.807, 2.05) is 0 Å². The number of nitrogens with zero attached hydrogens (tertiary/aromatic N) is 2. The second-order valence-corrected chi connectivity index (χ2v) is 4.67. The highest BCUT2D eigenvalue weighted by atomic mass is 79.9. The molecule has 2 rings (SSSR count). The van der Waals surface area contributed by atoms with Gasteiger partial charge in [-0.2, -0.15) is 0 Å². The summed E-state index contributed by atoms with van der Waals surface area (Å²) in [5.41, 5.74) is 0.419. The fourth-order valence-corrected chi connectivity index (χ4v) is 2.40. The largest absolute Gasteiger partial charge is 0.394 e. The van der Waals surface area contributed by atoms with Gasteiger partial charge in [0.25, 0.3) is 5.91 Å². The molecule has 1 N–H and O–H groups in total. The second kappa shape index (κ2) is 4.93. The maximum atomic E-state index is 12.2. The van der Waals surface area contributed by atoms with Crippen LogP contribution in [0.5, 0.6) is 0 Å². The molecule has 16 heavy (non-hydrogen) atoms. The van der Waals surface area contributed by atoms with E-state index in [0.717, 1.165) is 12.8 Å². The average Bonchev–Trinajstić information content (AvgIpc) is 2.77. The normalized spacial score (nSPS) is 20.1. The van der Waals surface area contributed by atoms with E-state index in [0.29, 0.717) is 16.7 Å². The van der Waals surface area contributed by atoms with Gasteiger partial charge in [-0.05, 0) is 40.9 Å². The standard InChI is InChI=1S/C11H13BrN2O2/c12-9-4-1-5-13-10(9)11(16)14-6-2-3-8(14)7-15/h1,4-5,8,15H,2-3,6-7H2. The Morgan fingerprint density at radius 1 is 1.69 bits per heavy atom. The molecule has 1 unspecified atom stereocenters. The Morgan fingerprint density at radius 2 is 2.50 bits per heavy atom. The fourth-order valence-electron chi connectivity index (χ4n) is 1.97. The lowest BCUT2D eigenvalue weighted by molar-refractivity contribution is 0.0671. The number of hydrogen-bond donors (Lipinski definition) is 1. The van der Waals surface area contributed by atoms with E-state index < -0.39 is 0 Å². The van der Waals surface area contributed by atoms with Crippen LogP contribution in [-0.2, 0) is 0 Å². The molecule has 1 fully saturated rings. The molecule has 1 atom stereocenters. The molecule has 4 nitrogen and oxygen atoms in total. The Labute approximate surface area is 102 Å². The highest BCUT2D eigenvalue weighted by Gasteiger charge is 2.30. The molecule has 2 heterocycles. The summed E-state index contributed by atoms with van der Waals surface area (Å²) in [4.78, 5) is 17.9. The summed E-state index contributed by atoms with van der Waals surface area (Å²) in [5.74, 6) is -0.107. The smallest absolute Gasteiger partial charge is 0.273 e. The third-order valence-electron chi connectivity index (χ3n) is 2.81. The van der Waals surface area contributed by atoms with Gasteiger partial charge in [0.1, 0.15) is 5.69 Å². The van der Waals surface area contributed by atoms with Crippen LogP contribution >= 0.6 is 15.9 Å². The predicted molar refractivity (Wildman–Crippen MR) is 63.1 cm³/mol. The van der Waals surface area contributed by atoms with Crippen LogP contribution in [0.3, 0.4) is 0 Å². The van der Waals surface area contributed by atoms with E-state index in [1.165, 1.54) is 0 Å². The SMILES string of the molecule is O=C(c1ncccc1Br)N1CCCC1CO. The molecule has 1 amide bonds. The van der Waals surface area contributed by atoms with Crippen molar-refractivity contribution >= 4 is 21.8 Å². The molecule has 0 radical (unpaired) electrons. The molecular formula is C11H13BrN2O2. The fraction of sp³-hybridized carbons (Fsp3) is 0.455. The molecule has 86 valence electrons. The molecule has 1 saturated heterocycles. The monoisotopic (exact) mass is 284 g/mol. The van der Waals surface area contributed by atoms with E-state index in [-0.39, 0.29) is 18.6 Å². The van der Waals surface area contributed by atoms with E-state index in [1.54, 1.807) is 23.2 Å². The van der Waals surface area contributed by atoms with Crippen molar-refractivity contribution in [3.05, 3.63) is 28.5 Å². The molecule has 1 aliphatic heterocycles. The topological polar surface area (TPSA) is 53.4 Å². The van der Waals surface area contributed by atoms with E-state index in [2.05, 4.69) is 20.9 Å². The number of carbonyl (C=O) groups is 1. The Kier molecular flexibility index (Phi) is 3.56. The number of rotatable bonds is 2. The van der Waals surface area contributed by atoms with Gasteiger partial charge >= 0.3 is 0 Å². The van der Waals surface area contributed by atoms with Crippen molar-refractivity contribution in [2.24, 2.45) is 0 Å². The zero-order valence-electron chi connectivity index (χ0n) is 8.77. The Balaban J connectivity index is 2.22. The van der Waals surface area contributed by atoms with Crippen LogP contribution in [0.4, 0.5) is 0 Å². The minimum absolute atomic E-state index is 0.0240. The zero-order valence-corrected chi connectivity index (χ0v) is 10.4. The number of likely N-dealkylation sites (tertiary alicyclic amines) is 1.